The van der Waals surface area contributed by atoms with Crippen LogP contribution in [0.1, 0.15) is 20.7 Å². The van der Waals surface area contributed by atoms with E-state index < -0.39 is 0 Å². The van der Waals surface area contributed by atoms with Gasteiger partial charge in [0.05, 0.1) is 0 Å². The standard InChI is InChI=1S/C8H6O2.C6H6/c9-5-7-3-1-2-4-8(7)6-10;1-2-4-6-5-3-1/h1-6H;1-6H. The fourth-order valence-corrected chi connectivity index (χ4v) is 1.11. The van der Waals surface area contributed by atoms with Crippen LogP contribution in [0.25, 0.3) is 0 Å². The van der Waals surface area contributed by atoms with Crippen molar-refractivity contribution in [3.63, 3.8) is 0 Å². The highest BCUT2D eigenvalue weighted by Crippen LogP contribution is 2.01. The Morgan fingerprint density at radius 1 is 0.562 bits per heavy atom. The van der Waals surface area contributed by atoms with Gasteiger partial charge in [-0.2, -0.15) is 0 Å². The van der Waals surface area contributed by atoms with E-state index in [0.717, 1.165) is 0 Å². The Morgan fingerprint density at radius 2 is 0.875 bits per heavy atom. The lowest BCUT2D eigenvalue weighted by Crippen LogP contribution is -1.87. The van der Waals surface area contributed by atoms with Crippen LogP contribution in [0, 0.1) is 0 Å². The van der Waals surface area contributed by atoms with Crippen molar-refractivity contribution in [1.29, 1.82) is 0 Å². The molecular formula is C14H12O2. The maximum Gasteiger partial charge on any atom is 0.150 e. The predicted octanol–water partition coefficient (Wildman–Crippen LogP) is 3.00. The Labute approximate surface area is 94.5 Å². The summed E-state index contributed by atoms with van der Waals surface area (Å²) in [6.45, 7) is 0. The zero-order chi connectivity index (χ0) is 11.6. The van der Waals surface area contributed by atoms with Crippen LogP contribution in [0.3, 0.4) is 0 Å². The predicted molar refractivity (Wildman–Crippen MR) is 63.7 cm³/mol. The molecule has 0 fully saturated rings. The summed E-state index contributed by atoms with van der Waals surface area (Å²) >= 11 is 0. The summed E-state index contributed by atoms with van der Waals surface area (Å²) in [6.07, 6.45) is 1.34. The number of hydrogen-bond donors (Lipinski definition) is 0. The van der Waals surface area contributed by atoms with Crippen molar-refractivity contribution in [3.8, 4) is 0 Å². The summed E-state index contributed by atoms with van der Waals surface area (Å²) in [5.41, 5.74) is 0.884. The molecular weight excluding hydrogens is 200 g/mol. The summed E-state index contributed by atoms with van der Waals surface area (Å²) in [4.78, 5) is 20.5. The SMILES string of the molecule is O=Cc1ccccc1C=O.c1ccccc1. The molecule has 0 aromatic heterocycles. The topological polar surface area (TPSA) is 34.1 Å². The van der Waals surface area contributed by atoms with E-state index in [4.69, 9.17) is 0 Å². The molecule has 0 unspecified atom stereocenters. The molecule has 80 valence electrons. The van der Waals surface area contributed by atoms with Gasteiger partial charge in [0, 0.05) is 11.1 Å². The van der Waals surface area contributed by atoms with Gasteiger partial charge in [0.15, 0.2) is 12.6 Å². The highest BCUT2D eigenvalue weighted by Gasteiger charge is 1.95. The smallest absolute Gasteiger partial charge is 0.150 e. The normalized spacial score (nSPS) is 8.50. The Hall–Kier alpha value is -2.22. The molecule has 16 heavy (non-hydrogen) atoms. The molecule has 0 bridgehead atoms. The van der Waals surface area contributed by atoms with Crippen LogP contribution in [0.2, 0.25) is 0 Å². The minimum atomic E-state index is 0.442. The monoisotopic (exact) mass is 212 g/mol. The molecule has 2 heteroatoms. The summed E-state index contributed by atoms with van der Waals surface area (Å²) in [5, 5.41) is 0. The highest BCUT2D eigenvalue weighted by atomic mass is 16.1. The van der Waals surface area contributed by atoms with Gasteiger partial charge in [-0.05, 0) is 0 Å². The first-order chi connectivity index (χ1) is 7.88. The molecule has 2 aromatic rings. The average molecular weight is 212 g/mol. The van der Waals surface area contributed by atoms with Crippen molar-refractivity contribution in [2.75, 3.05) is 0 Å². The fourth-order valence-electron chi connectivity index (χ4n) is 1.11. The van der Waals surface area contributed by atoms with E-state index in [0.29, 0.717) is 23.7 Å². The van der Waals surface area contributed by atoms with Gasteiger partial charge >= 0.3 is 0 Å². The quantitative estimate of drug-likeness (QED) is 0.717. The van der Waals surface area contributed by atoms with E-state index in [2.05, 4.69) is 0 Å². The fraction of sp³-hybridized carbons (Fsp3) is 0. The molecule has 0 radical (unpaired) electrons. The van der Waals surface area contributed by atoms with Crippen LogP contribution >= 0.6 is 0 Å². The molecule has 0 spiro atoms. The van der Waals surface area contributed by atoms with E-state index in [1.165, 1.54) is 0 Å². The zero-order valence-electron chi connectivity index (χ0n) is 8.74. The van der Waals surface area contributed by atoms with Crippen molar-refractivity contribution in [3.05, 3.63) is 71.8 Å². The summed E-state index contributed by atoms with van der Waals surface area (Å²) in [6, 6.07) is 18.7. The Balaban J connectivity index is 0.000000181. The van der Waals surface area contributed by atoms with Gasteiger partial charge in [0.1, 0.15) is 0 Å². The van der Waals surface area contributed by atoms with Crippen LogP contribution in [0.15, 0.2) is 60.7 Å². The molecule has 0 saturated carbocycles. The maximum atomic E-state index is 10.2. The molecule has 2 aromatic carbocycles. The van der Waals surface area contributed by atoms with Crippen molar-refractivity contribution < 1.29 is 9.59 Å². The van der Waals surface area contributed by atoms with E-state index in [-0.39, 0.29) is 0 Å². The molecule has 2 rings (SSSR count). The minimum absolute atomic E-state index is 0.442. The lowest BCUT2D eigenvalue weighted by atomic mass is 10.1. The molecule has 0 aliphatic carbocycles. The van der Waals surface area contributed by atoms with Gasteiger partial charge in [0.25, 0.3) is 0 Å². The number of hydrogen-bond acceptors (Lipinski definition) is 2. The van der Waals surface area contributed by atoms with Crippen molar-refractivity contribution >= 4 is 12.6 Å². The van der Waals surface area contributed by atoms with E-state index in [1.54, 1.807) is 24.3 Å². The Kier molecular flexibility index (Phi) is 5.28. The van der Waals surface area contributed by atoms with Crippen LogP contribution in [-0.2, 0) is 0 Å². The second-order valence-electron chi connectivity index (χ2n) is 3.02. The van der Waals surface area contributed by atoms with Crippen molar-refractivity contribution in [2.24, 2.45) is 0 Å². The number of carbonyl (C=O) groups excluding carboxylic acids is 2. The van der Waals surface area contributed by atoms with E-state index in [9.17, 15) is 9.59 Å². The third kappa shape index (κ3) is 3.88. The molecule has 0 atom stereocenters. The van der Waals surface area contributed by atoms with Gasteiger partial charge in [-0.25, -0.2) is 0 Å². The lowest BCUT2D eigenvalue weighted by Gasteiger charge is -1.91. The largest absolute Gasteiger partial charge is 0.298 e. The number of aldehydes is 2. The van der Waals surface area contributed by atoms with Crippen LogP contribution in [0.4, 0.5) is 0 Å². The van der Waals surface area contributed by atoms with Gasteiger partial charge in [-0.3, -0.25) is 9.59 Å². The van der Waals surface area contributed by atoms with Crippen LogP contribution in [-0.4, -0.2) is 12.6 Å². The van der Waals surface area contributed by atoms with E-state index in [1.807, 2.05) is 36.4 Å². The summed E-state index contributed by atoms with van der Waals surface area (Å²) in [7, 11) is 0. The highest BCUT2D eigenvalue weighted by molar-refractivity contribution is 5.89. The van der Waals surface area contributed by atoms with Gasteiger partial charge < -0.3 is 0 Å². The first-order valence-corrected chi connectivity index (χ1v) is 4.88. The van der Waals surface area contributed by atoms with Crippen LogP contribution < -0.4 is 0 Å². The molecule has 0 heterocycles. The van der Waals surface area contributed by atoms with Gasteiger partial charge in [0.2, 0.25) is 0 Å². The number of benzene rings is 2. The third-order valence-electron chi connectivity index (χ3n) is 1.92. The Morgan fingerprint density at radius 3 is 1.12 bits per heavy atom. The molecule has 0 aliphatic heterocycles. The zero-order valence-corrected chi connectivity index (χ0v) is 8.74. The lowest BCUT2D eigenvalue weighted by molar-refractivity contribution is 0.109. The molecule has 2 nitrogen and oxygen atoms in total. The molecule has 0 aliphatic rings. The summed E-state index contributed by atoms with van der Waals surface area (Å²) in [5.74, 6) is 0. The maximum absolute atomic E-state index is 10.2. The molecule has 0 N–H and O–H groups in total. The van der Waals surface area contributed by atoms with Gasteiger partial charge in [-0.1, -0.05) is 60.7 Å². The van der Waals surface area contributed by atoms with Gasteiger partial charge in [-0.15, -0.1) is 0 Å². The number of carbonyl (C=O) groups is 2. The first-order valence-electron chi connectivity index (χ1n) is 4.88. The van der Waals surface area contributed by atoms with Crippen LogP contribution in [0.5, 0.6) is 0 Å². The second kappa shape index (κ2) is 7.12. The minimum Gasteiger partial charge on any atom is -0.298 e. The average Bonchev–Trinajstić information content (AvgIpc) is 2.41. The van der Waals surface area contributed by atoms with Crippen molar-refractivity contribution in [2.45, 2.75) is 0 Å². The third-order valence-corrected chi connectivity index (χ3v) is 1.92. The first kappa shape index (κ1) is 11.9. The molecule has 0 amide bonds. The Bertz CT molecular complexity index is 382. The second-order valence-corrected chi connectivity index (χ2v) is 3.02. The van der Waals surface area contributed by atoms with Crippen molar-refractivity contribution in [1.82, 2.24) is 0 Å². The molecule has 0 saturated heterocycles. The van der Waals surface area contributed by atoms with E-state index >= 15 is 0 Å². The number of rotatable bonds is 2. The summed E-state index contributed by atoms with van der Waals surface area (Å²) < 4.78 is 0.